The zero-order valence-corrected chi connectivity index (χ0v) is 9.72. The number of ketones is 1. The van der Waals surface area contributed by atoms with Gasteiger partial charge in [-0.2, -0.15) is 0 Å². The molecule has 0 amide bonds. The maximum atomic E-state index is 11.1. The summed E-state index contributed by atoms with van der Waals surface area (Å²) in [6.07, 6.45) is 0. The van der Waals surface area contributed by atoms with Crippen molar-refractivity contribution >= 4 is 31.7 Å². The quantitative estimate of drug-likeness (QED) is 0.828. The number of halogens is 1. The molecule has 14 heavy (non-hydrogen) atoms. The average molecular weight is 278 g/mol. The third kappa shape index (κ3) is 2.40. The van der Waals surface area contributed by atoms with Crippen molar-refractivity contribution in [1.29, 1.82) is 0 Å². The normalized spacial score (nSPS) is 11.4. The average Bonchev–Trinajstić information content (AvgIpc) is 2.02. The minimum atomic E-state index is -3.79. The zero-order chi connectivity index (χ0) is 10.9. The molecular formula is C8H8BrNO3S. The van der Waals surface area contributed by atoms with Crippen molar-refractivity contribution in [3.63, 3.8) is 0 Å². The molecule has 0 aliphatic heterocycles. The Labute approximate surface area is 90.3 Å². The number of benzene rings is 1. The molecule has 1 rings (SSSR count). The lowest BCUT2D eigenvalue weighted by Crippen LogP contribution is -2.13. The van der Waals surface area contributed by atoms with E-state index in [-0.39, 0.29) is 10.7 Å². The summed E-state index contributed by atoms with van der Waals surface area (Å²) in [6, 6.07) is 4.26. The fourth-order valence-electron chi connectivity index (χ4n) is 0.940. The van der Waals surface area contributed by atoms with Gasteiger partial charge in [0.2, 0.25) is 10.0 Å². The van der Waals surface area contributed by atoms with Crippen LogP contribution in [0.1, 0.15) is 17.3 Å². The van der Waals surface area contributed by atoms with Crippen molar-refractivity contribution in [2.75, 3.05) is 0 Å². The number of nitrogens with two attached hydrogens (primary N) is 1. The summed E-state index contributed by atoms with van der Waals surface area (Å²) in [5.41, 5.74) is 0.317. The fraction of sp³-hybridized carbons (Fsp3) is 0.125. The van der Waals surface area contributed by atoms with Crippen LogP contribution in [0.2, 0.25) is 0 Å². The first-order valence-corrected chi connectivity index (χ1v) is 5.99. The number of rotatable bonds is 2. The number of carbonyl (C=O) groups excluding carboxylic acids is 1. The zero-order valence-electron chi connectivity index (χ0n) is 7.32. The lowest BCUT2D eigenvalue weighted by atomic mass is 10.2. The molecule has 1 aromatic rings. The second-order valence-electron chi connectivity index (χ2n) is 2.75. The highest BCUT2D eigenvalue weighted by molar-refractivity contribution is 9.10. The van der Waals surface area contributed by atoms with Crippen LogP contribution in [-0.4, -0.2) is 14.2 Å². The molecule has 76 valence electrons. The first-order chi connectivity index (χ1) is 6.32. The summed E-state index contributed by atoms with van der Waals surface area (Å²) in [4.78, 5) is 10.9. The van der Waals surface area contributed by atoms with Gasteiger partial charge in [0.1, 0.15) is 0 Å². The third-order valence-corrected chi connectivity index (χ3v) is 3.55. The van der Waals surface area contributed by atoms with Gasteiger partial charge >= 0.3 is 0 Å². The summed E-state index contributed by atoms with van der Waals surface area (Å²) < 4.78 is 22.5. The number of Topliss-reactive ketones (excluding diaryl/α,β-unsaturated/α-hetero) is 1. The predicted octanol–water partition coefficient (Wildman–Crippen LogP) is 1.30. The van der Waals surface area contributed by atoms with Gasteiger partial charge in [-0.25, -0.2) is 13.6 Å². The molecular weight excluding hydrogens is 270 g/mol. The van der Waals surface area contributed by atoms with Gasteiger partial charge in [0.25, 0.3) is 0 Å². The van der Waals surface area contributed by atoms with Gasteiger partial charge in [-0.15, -0.1) is 0 Å². The SMILES string of the molecule is CC(=O)c1ccc(Br)c(S(N)(=O)=O)c1. The standard InChI is InChI=1S/C8H8BrNO3S/c1-5(11)6-2-3-7(9)8(4-6)14(10,12)13/h2-4H,1H3,(H2,10,12,13). The number of hydrogen-bond acceptors (Lipinski definition) is 3. The van der Waals surface area contributed by atoms with E-state index in [0.29, 0.717) is 10.0 Å². The Hall–Kier alpha value is -0.720. The molecule has 0 spiro atoms. The highest BCUT2D eigenvalue weighted by Crippen LogP contribution is 2.22. The van der Waals surface area contributed by atoms with Crippen LogP contribution in [0.4, 0.5) is 0 Å². The Morgan fingerprint density at radius 2 is 2.00 bits per heavy atom. The van der Waals surface area contributed by atoms with Crippen molar-refractivity contribution in [2.24, 2.45) is 5.14 Å². The van der Waals surface area contributed by atoms with E-state index in [2.05, 4.69) is 15.9 Å². The van der Waals surface area contributed by atoms with E-state index in [1.54, 1.807) is 0 Å². The van der Waals surface area contributed by atoms with Crippen LogP contribution in [-0.2, 0) is 10.0 Å². The topological polar surface area (TPSA) is 77.2 Å². The lowest BCUT2D eigenvalue weighted by Gasteiger charge is -2.03. The predicted molar refractivity (Wildman–Crippen MR) is 55.5 cm³/mol. The van der Waals surface area contributed by atoms with Gasteiger partial charge in [-0.05, 0) is 35.0 Å². The summed E-state index contributed by atoms with van der Waals surface area (Å²) in [6.45, 7) is 1.36. The summed E-state index contributed by atoms with van der Waals surface area (Å²) >= 11 is 3.04. The molecule has 4 nitrogen and oxygen atoms in total. The molecule has 0 unspecified atom stereocenters. The molecule has 0 aliphatic carbocycles. The molecule has 0 saturated carbocycles. The Balaban J connectivity index is 3.44. The number of hydrogen-bond donors (Lipinski definition) is 1. The lowest BCUT2D eigenvalue weighted by molar-refractivity contribution is 0.101. The molecule has 0 aromatic heterocycles. The van der Waals surface area contributed by atoms with Crippen molar-refractivity contribution in [3.8, 4) is 0 Å². The van der Waals surface area contributed by atoms with Crippen LogP contribution in [0.5, 0.6) is 0 Å². The highest BCUT2D eigenvalue weighted by Gasteiger charge is 2.14. The van der Waals surface area contributed by atoms with Gasteiger partial charge in [-0.3, -0.25) is 4.79 Å². The molecule has 2 N–H and O–H groups in total. The largest absolute Gasteiger partial charge is 0.295 e. The van der Waals surface area contributed by atoms with Crippen LogP contribution >= 0.6 is 15.9 Å². The monoisotopic (exact) mass is 277 g/mol. The van der Waals surface area contributed by atoms with Crippen molar-refractivity contribution in [1.82, 2.24) is 0 Å². The highest BCUT2D eigenvalue weighted by atomic mass is 79.9. The van der Waals surface area contributed by atoms with E-state index < -0.39 is 10.0 Å². The molecule has 1 aromatic carbocycles. The van der Waals surface area contributed by atoms with Crippen molar-refractivity contribution < 1.29 is 13.2 Å². The van der Waals surface area contributed by atoms with E-state index in [1.165, 1.54) is 25.1 Å². The third-order valence-electron chi connectivity index (χ3n) is 1.64. The summed E-state index contributed by atoms with van der Waals surface area (Å²) in [5.74, 6) is -0.206. The smallest absolute Gasteiger partial charge is 0.239 e. The summed E-state index contributed by atoms with van der Waals surface area (Å²) in [7, 11) is -3.79. The first kappa shape index (κ1) is 11.4. The Morgan fingerprint density at radius 1 is 1.43 bits per heavy atom. The summed E-state index contributed by atoms with van der Waals surface area (Å²) in [5, 5.41) is 4.96. The molecule has 6 heteroatoms. The van der Waals surface area contributed by atoms with Crippen molar-refractivity contribution in [2.45, 2.75) is 11.8 Å². The van der Waals surface area contributed by atoms with Crippen LogP contribution in [0.15, 0.2) is 27.6 Å². The van der Waals surface area contributed by atoms with E-state index in [1.807, 2.05) is 0 Å². The molecule has 0 heterocycles. The van der Waals surface area contributed by atoms with Crippen LogP contribution in [0.3, 0.4) is 0 Å². The minimum Gasteiger partial charge on any atom is -0.295 e. The maximum Gasteiger partial charge on any atom is 0.239 e. The minimum absolute atomic E-state index is 0.0785. The Bertz CT molecular complexity index is 481. The molecule has 0 saturated heterocycles. The van der Waals surface area contributed by atoms with Gasteiger partial charge in [-0.1, -0.05) is 6.07 Å². The van der Waals surface area contributed by atoms with Crippen LogP contribution < -0.4 is 5.14 Å². The van der Waals surface area contributed by atoms with Crippen LogP contribution in [0, 0.1) is 0 Å². The molecule has 0 atom stereocenters. The van der Waals surface area contributed by atoms with Crippen LogP contribution in [0.25, 0.3) is 0 Å². The Kier molecular flexibility index (Phi) is 3.08. The van der Waals surface area contributed by atoms with Crippen molar-refractivity contribution in [3.05, 3.63) is 28.2 Å². The second kappa shape index (κ2) is 3.80. The molecule has 0 fully saturated rings. The number of primary sulfonamides is 1. The first-order valence-electron chi connectivity index (χ1n) is 3.65. The van der Waals surface area contributed by atoms with Gasteiger partial charge in [0.05, 0.1) is 4.90 Å². The number of sulfonamides is 1. The fourth-order valence-corrected chi connectivity index (χ4v) is 2.49. The van der Waals surface area contributed by atoms with E-state index >= 15 is 0 Å². The van der Waals surface area contributed by atoms with E-state index in [4.69, 9.17) is 5.14 Å². The van der Waals surface area contributed by atoms with E-state index in [0.717, 1.165) is 0 Å². The molecule has 0 bridgehead atoms. The van der Waals surface area contributed by atoms with E-state index in [9.17, 15) is 13.2 Å². The van der Waals surface area contributed by atoms with Gasteiger partial charge in [0.15, 0.2) is 5.78 Å². The second-order valence-corrected chi connectivity index (χ2v) is 5.13. The maximum absolute atomic E-state index is 11.1. The molecule has 0 radical (unpaired) electrons. The van der Waals surface area contributed by atoms with Gasteiger partial charge in [0, 0.05) is 10.0 Å². The molecule has 0 aliphatic rings. The number of carbonyl (C=O) groups is 1. The van der Waals surface area contributed by atoms with Gasteiger partial charge < -0.3 is 0 Å². The Morgan fingerprint density at radius 3 is 2.43 bits per heavy atom.